The Labute approximate surface area is 129 Å². The number of aliphatic imine (C=N–C) groups is 1. The van der Waals surface area contributed by atoms with Gasteiger partial charge in [0.2, 0.25) is 0 Å². The highest BCUT2D eigenvalue weighted by Gasteiger charge is 2.26. The van der Waals surface area contributed by atoms with Gasteiger partial charge >= 0.3 is 0 Å². The number of unbranched alkanes of at least 4 members (excludes halogenated alkanes) is 4. The minimum atomic E-state index is -1.18. The molecule has 0 bridgehead atoms. The van der Waals surface area contributed by atoms with Gasteiger partial charge in [-0.25, -0.2) is 0 Å². The van der Waals surface area contributed by atoms with Crippen LogP contribution in [-0.4, -0.2) is 20.8 Å². The van der Waals surface area contributed by atoms with Gasteiger partial charge in [0, 0.05) is 6.54 Å². The summed E-state index contributed by atoms with van der Waals surface area (Å²) in [5, 5.41) is 0. The number of hydrogen-bond donors (Lipinski definition) is 0. The largest absolute Gasteiger partial charge is 0.298 e. The van der Waals surface area contributed by atoms with Crippen molar-refractivity contribution in [2.45, 2.75) is 90.3 Å². The smallest absolute Gasteiger partial charge is 0.0773 e. The van der Waals surface area contributed by atoms with E-state index in [1.54, 1.807) is 0 Å². The molecule has 0 atom stereocenters. The van der Waals surface area contributed by atoms with Gasteiger partial charge in [-0.15, -0.1) is 12.3 Å². The Bertz CT molecular complexity index is 242. The molecule has 0 unspecified atom stereocenters. The van der Waals surface area contributed by atoms with Gasteiger partial charge in [0.1, 0.15) is 0 Å². The molecule has 0 aromatic rings. The van der Waals surface area contributed by atoms with Crippen LogP contribution in [0.2, 0.25) is 18.1 Å². The van der Waals surface area contributed by atoms with Crippen molar-refractivity contribution in [2.75, 3.05) is 6.54 Å². The lowest BCUT2D eigenvalue weighted by molar-refractivity contribution is 0.639. The number of rotatable bonds is 14. The van der Waals surface area contributed by atoms with E-state index in [9.17, 15) is 0 Å². The van der Waals surface area contributed by atoms with E-state index in [1.165, 1.54) is 69.5 Å². The third-order valence-electron chi connectivity index (χ3n) is 4.22. The number of hydrogen-bond acceptors (Lipinski definition) is 1. The molecule has 0 fully saturated rings. The summed E-state index contributed by atoms with van der Waals surface area (Å²) in [5.74, 6) is 0. The van der Waals surface area contributed by atoms with Crippen molar-refractivity contribution in [2.24, 2.45) is 4.99 Å². The molecular weight excluding hydrogens is 258 g/mol. The molecule has 0 N–H and O–H groups in total. The van der Waals surface area contributed by atoms with Crippen molar-refractivity contribution in [3.8, 4) is 0 Å². The predicted molar refractivity (Wildman–Crippen MR) is 97.7 cm³/mol. The molecule has 118 valence electrons. The van der Waals surface area contributed by atoms with Crippen molar-refractivity contribution < 1.29 is 0 Å². The molecule has 0 aliphatic heterocycles. The molecule has 0 aliphatic carbocycles. The molecule has 0 heterocycles. The molecule has 0 amide bonds. The van der Waals surface area contributed by atoms with E-state index < -0.39 is 8.07 Å². The van der Waals surface area contributed by atoms with Crippen molar-refractivity contribution in [3.63, 3.8) is 0 Å². The molecule has 0 rings (SSSR count). The summed E-state index contributed by atoms with van der Waals surface area (Å²) in [6.45, 7) is 12.1. The standard InChI is InChI=1S/C18H37NSi/c1-5-9-10-11-12-14-19-15-13-18-20(8-4,16-6-2)17-7-3/h8,15H,4-7,9-14,16-18H2,1-3H3. The number of nitrogens with zero attached hydrogens (tertiary/aromatic N) is 1. The third kappa shape index (κ3) is 9.52. The fourth-order valence-electron chi connectivity index (χ4n) is 3.02. The van der Waals surface area contributed by atoms with Gasteiger partial charge < -0.3 is 0 Å². The van der Waals surface area contributed by atoms with E-state index in [0.717, 1.165) is 6.54 Å². The second kappa shape index (κ2) is 13.6. The molecule has 20 heavy (non-hydrogen) atoms. The maximum Gasteiger partial charge on any atom is 0.0773 e. The summed E-state index contributed by atoms with van der Waals surface area (Å²) in [6, 6.07) is 4.18. The first-order chi connectivity index (χ1) is 9.74. The van der Waals surface area contributed by atoms with Gasteiger partial charge in [0.15, 0.2) is 0 Å². The molecule has 0 aliphatic rings. The second-order valence-corrected chi connectivity index (χ2v) is 10.7. The van der Waals surface area contributed by atoms with E-state index in [0.29, 0.717) is 0 Å². The fourth-order valence-corrected chi connectivity index (χ4v) is 7.08. The first kappa shape index (κ1) is 19.6. The van der Waals surface area contributed by atoms with E-state index in [2.05, 4.69) is 44.3 Å². The van der Waals surface area contributed by atoms with E-state index in [4.69, 9.17) is 0 Å². The van der Waals surface area contributed by atoms with Crippen LogP contribution in [0.25, 0.3) is 0 Å². The van der Waals surface area contributed by atoms with E-state index in [-0.39, 0.29) is 0 Å². The molecule has 0 aromatic heterocycles. The average molecular weight is 296 g/mol. The van der Waals surface area contributed by atoms with E-state index in [1.807, 2.05) is 0 Å². The van der Waals surface area contributed by atoms with Gasteiger partial charge in [0.05, 0.1) is 8.07 Å². The van der Waals surface area contributed by atoms with Crippen molar-refractivity contribution >= 4 is 14.3 Å². The van der Waals surface area contributed by atoms with Gasteiger partial charge in [-0.3, -0.25) is 4.99 Å². The highest BCUT2D eigenvalue weighted by molar-refractivity contribution is 6.84. The quantitative estimate of drug-likeness (QED) is 0.199. The van der Waals surface area contributed by atoms with Crippen LogP contribution in [0.15, 0.2) is 17.3 Å². The zero-order valence-corrected chi connectivity index (χ0v) is 15.3. The zero-order valence-electron chi connectivity index (χ0n) is 14.3. The van der Waals surface area contributed by atoms with Crippen LogP contribution in [0.1, 0.15) is 72.1 Å². The zero-order chi connectivity index (χ0) is 15.1. The van der Waals surface area contributed by atoms with Crippen molar-refractivity contribution in [1.82, 2.24) is 0 Å². The Hall–Kier alpha value is -0.373. The van der Waals surface area contributed by atoms with Crippen LogP contribution < -0.4 is 0 Å². The molecule has 2 heteroatoms. The van der Waals surface area contributed by atoms with Crippen LogP contribution in [-0.2, 0) is 0 Å². The molecule has 0 aromatic carbocycles. The first-order valence-corrected chi connectivity index (χ1v) is 11.6. The summed E-state index contributed by atoms with van der Waals surface area (Å²) in [7, 11) is -1.18. The van der Waals surface area contributed by atoms with Crippen LogP contribution in [0.3, 0.4) is 0 Å². The molecule has 0 spiro atoms. The molecular formula is C18H37NSi. The van der Waals surface area contributed by atoms with Crippen LogP contribution in [0, 0.1) is 0 Å². The lowest BCUT2D eigenvalue weighted by atomic mass is 10.2. The SMILES string of the molecule is C=C[Si](CCC)(CCC)CCC=NCCCCCCC. The van der Waals surface area contributed by atoms with Crippen molar-refractivity contribution in [1.29, 1.82) is 0 Å². The van der Waals surface area contributed by atoms with Crippen LogP contribution >= 0.6 is 0 Å². The molecule has 1 nitrogen and oxygen atoms in total. The summed E-state index contributed by atoms with van der Waals surface area (Å²) in [5.41, 5.74) is 2.35. The lowest BCUT2D eigenvalue weighted by Crippen LogP contribution is -2.31. The summed E-state index contributed by atoms with van der Waals surface area (Å²) in [6.07, 6.45) is 12.7. The van der Waals surface area contributed by atoms with Crippen LogP contribution in [0.5, 0.6) is 0 Å². The summed E-state index contributed by atoms with van der Waals surface area (Å²) in [4.78, 5) is 4.59. The van der Waals surface area contributed by atoms with Crippen LogP contribution in [0.4, 0.5) is 0 Å². The molecule has 0 radical (unpaired) electrons. The Morgan fingerprint density at radius 3 is 2.05 bits per heavy atom. The average Bonchev–Trinajstić information content (AvgIpc) is 2.46. The Kier molecular flexibility index (Phi) is 13.3. The van der Waals surface area contributed by atoms with Gasteiger partial charge in [-0.1, -0.05) is 71.4 Å². The second-order valence-electron chi connectivity index (χ2n) is 6.11. The highest BCUT2D eigenvalue weighted by Crippen LogP contribution is 2.26. The maximum atomic E-state index is 4.59. The maximum absolute atomic E-state index is 4.59. The predicted octanol–water partition coefficient (Wildman–Crippen LogP) is 6.41. The first-order valence-electron chi connectivity index (χ1n) is 8.86. The third-order valence-corrected chi connectivity index (χ3v) is 9.36. The minimum Gasteiger partial charge on any atom is -0.298 e. The topological polar surface area (TPSA) is 12.4 Å². The van der Waals surface area contributed by atoms with Gasteiger partial charge in [0.25, 0.3) is 0 Å². The monoisotopic (exact) mass is 295 g/mol. The Morgan fingerprint density at radius 2 is 1.50 bits per heavy atom. The Balaban J connectivity index is 3.84. The van der Waals surface area contributed by atoms with Crippen molar-refractivity contribution in [3.05, 3.63) is 12.3 Å². The minimum absolute atomic E-state index is 1.04. The highest BCUT2D eigenvalue weighted by atomic mass is 28.3. The fraction of sp³-hybridized carbons (Fsp3) is 0.833. The molecule has 0 saturated carbocycles. The normalized spacial score (nSPS) is 12.2. The Morgan fingerprint density at radius 1 is 0.850 bits per heavy atom. The van der Waals surface area contributed by atoms with E-state index >= 15 is 0 Å². The summed E-state index contributed by atoms with van der Waals surface area (Å²) >= 11 is 0. The van der Waals surface area contributed by atoms with Gasteiger partial charge in [-0.2, -0.15) is 0 Å². The summed E-state index contributed by atoms with van der Waals surface area (Å²) < 4.78 is 0. The molecule has 0 saturated heterocycles. The lowest BCUT2D eigenvalue weighted by Gasteiger charge is -2.27. The van der Waals surface area contributed by atoms with Gasteiger partial charge in [-0.05, 0) is 25.1 Å².